The minimum atomic E-state index is -1.05. The molecule has 2 bridgehead atoms. The van der Waals surface area contributed by atoms with Gasteiger partial charge in [0.2, 0.25) is 11.8 Å². The molecule has 3 rings (SSSR count). The van der Waals surface area contributed by atoms with Crippen LogP contribution in [0.4, 0.5) is 0 Å². The lowest BCUT2D eigenvalue weighted by molar-refractivity contribution is -0.156. The number of rotatable bonds is 10. The fraction of sp³-hybridized carbons (Fsp3) is 0.870. The van der Waals surface area contributed by atoms with Crippen molar-refractivity contribution in [2.75, 3.05) is 13.2 Å². The van der Waals surface area contributed by atoms with E-state index in [0.29, 0.717) is 12.8 Å². The molecule has 176 valence electrons. The van der Waals surface area contributed by atoms with E-state index in [9.17, 15) is 19.5 Å². The molecule has 0 aromatic rings. The van der Waals surface area contributed by atoms with Crippen LogP contribution >= 0.6 is 0 Å². The molecule has 1 unspecified atom stereocenters. The molecular weight excluding hydrogens is 400 g/mol. The third kappa shape index (κ3) is 3.86. The first-order valence-electron chi connectivity index (χ1n) is 11.8. The van der Waals surface area contributed by atoms with Gasteiger partial charge in [-0.25, -0.2) is 0 Å². The van der Waals surface area contributed by atoms with Gasteiger partial charge < -0.3 is 24.8 Å². The molecule has 2 N–H and O–H groups in total. The first kappa shape index (κ1) is 24.0. The van der Waals surface area contributed by atoms with Crippen LogP contribution in [0.25, 0.3) is 0 Å². The Morgan fingerprint density at radius 2 is 2.03 bits per heavy atom. The summed E-state index contributed by atoms with van der Waals surface area (Å²) in [6.07, 6.45) is 3.25. The van der Waals surface area contributed by atoms with Gasteiger partial charge in [0.15, 0.2) is 0 Å². The van der Waals surface area contributed by atoms with Crippen molar-refractivity contribution in [3.8, 4) is 0 Å². The Hall–Kier alpha value is -1.67. The van der Waals surface area contributed by atoms with Gasteiger partial charge in [0.05, 0.1) is 37.2 Å². The maximum absolute atomic E-state index is 13.8. The van der Waals surface area contributed by atoms with Crippen LogP contribution in [0.1, 0.15) is 66.7 Å². The van der Waals surface area contributed by atoms with Crippen LogP contribution in [0.3, 0.4) is 0 Å². The first-order valence-corrected chi connectivity index (χ1v) is 11.8. The summed E-state index contributed by atoms with van der Waals surface area (Å²) in [6.45, 7) is 9.68. The molecule has 3 aliphatic rings. The number of amides is 2. The normalized spacial score (nSPS) is 34.4. The highest BCUT2D eigenvalue weighted by atomic mass is 16.6. The summed E-state index contributed by atoms with van der Waals surface area (Å²) >= 11 is 0. The van der Waals surface area contributed by atoms with Crippen LogP contribution in [0, 0.1) is 17.8 Å². The molecule has 0 radical (unpaired) electrons. The van der Waals surface area contributed by atoms with Gasteiger partial charge in [-0.2, -0.15) is 0 Å². The molecule has 8 nitrogen and oxygen atoms in total. The van der Waals surface area contributed by atoms with Gasteiger partial charge in [-0.15, -0.1) is 0 Å². The third-order valence-corrected chi connectivity index (χ3v) is 7.50. The zero-order valence-electron chi connectivity index (χ0n) is 19.4. The maximum atomic E-state index is 13.8. The van der Waals surface area contributed by atoms with Crippen molar-refractivity contribution >= 4 is 17.8 Å². The average Bonchev–Trinajstić information content (AvgIpc) is 3.36. The lowest BCUT2D eigenvalue weighted by Crippen LogP contribution is -2.60. The van der Waals surface area contributed by atoms with Crippen LogP contribution < -0.4 is 5.32 Å². The van der Waals surface area contributed by atoms with Crippen molar-refractivity contribution in [1.29, 1.82) is 0 Å². The monoisotopic (exact) mass is 438 g/mol. The number of aliphatic hydroxyl groups excluding tert-OH is 1. The van der Waals surface area contributed by atoms with Crippen molar-refractivity contribution in [2.45, 2.75) is 96.6 Å². The first-order chi connectivity index (χ1) is 14.8. The van der Waals surface area contributed by atoms with E-state index in [1.54, 1.807) is 11.8 Å². The number of hydrogen-bond donors (Lipinski definition) is 2. The van der Waals surface area contributed by atoms with Crippen LogP contribution in [-0.4, -0.2) is 70.8 Å². The van der Waals surface area contributed by atoms with Gasteiger partial charge >= 0.3 is 5.97 Å². The van der Waals surface area contributed by atoms with E-state index in [4.69, 9.17) is 9.47 Å². The molecule has 31 heavy (non-hydrogen) atoms. The Kier molecular flexibility index (Phi) is 7.31. The van der Waals surface area contributed by atoms with Crippen molar-refractivity contribution < 1.29 is 29.0 Å². The minimum Gasteiger partial charge on any atom is -0.466 e. The molecule has 0 aromatic heterocycles. The van der Waals surface area contributed by atoms with E-state index < -0.39 is 41.6 Å². The van der Waals surface area contributed by atoms with Crippen LogP contribution in [0.15, 0.2) is 0 Å². The summed E-state index contributed by atoms with van der Waals surface area (Å²) in [4.78, 5) is 41.7. The van der Waals surface area contributed by atoms with E-state index in [-0.39, 0.29) is 37.0 Å². The van der Waals surface area contributed by atoms with Crippen LogP contribution in [0.5, 0.6) is 0 Å². The van der Waals surface area contributed by atoms with Crippen molar-refractivity contribution in [1.82, 2.24) is 10.2 Å². The molecule has 3 heterocycles. The number of ether oxygens (including phenoxy) is 2. The van der Waals surface area contributed by atoms with E-state index in [1.807, 2.05) is 20.8 Å². The molecule has 3 fully saturated rings. The highest BCUT2D eigenvalue weighted by Crippen LogP contribution is 2.59. The molecule has 1 spiro atoms. The van der Waals surface area contributed by atoms with Crippen LogP contribution in [0.2, 0.25) is 0 Å². The van der Waals surface area contributed by atoms with Crippen LogP contribution in [-0.2, 0) is 23.9 Å². The zero-order chi connectivity index (χ0) is 22.9. The molecule has 3 aliphatic heterocycles. The summed E-state index contributed by atoms with van der Waals surface area (Å²) < 4.78 is 11.6. The number of carbonyl (C=O) groups is 3. The summed E-state index contributed by atoms with van der Waals surface area (Å²) in [5.41, 5.74) is -1.05. The Morgan fingerprint density at radius 1 is 1.32 bits per heavy atom. The predicted octanol–water partition coefficient (Wildman–Crippen LogP) is 1.64. The Balaban J connectivity index is 2.03. The Labute approximate surface area is 185 Å². The van der Waals surface area contributed by atoms with E-state index in [0.717, 1.165) is 19.3 Å². The molecule has 2 amide bonds. The van der Waals surface area contributed by atoms with E-state index in [2.05, 4.69) is 12.2 Å². The third-order valence-electron chi connectivity index (χ3n) is 7.50. The Bertz CT molecular complexity index is 700. The summed E-state index contributed by atoms with van der Waals surface area (Å²) in [6, 6.07) is -1.42. The highest BCUT2D eigenvalue weighted by Gasteiger charge is 2.75. The molecule has 8 heteroatoms. The fourth-order valence-electron chi connectivity index (χ4n) is 5.90. The van der Waals surface area contributed by atoms with E-state index in [1.165, 1.54) is 0 Å². The molecule has 3 saturated heterocycles. The molecule has 8 atom stereocenters. The SMILES string of the molecule is CCCC(C)NC(=O)[C@H]1N([C@@H](CO)[C@@H](C)CC)C(=O)[C@@H]2[C@@H](C(=O)OCC)[C@H]3CC[C@]21O3. The summed E-state index contributed by atoms with van der Waals surface area (Å²) in [5.74, 6) is -2.43. The Morgan fingerprint density at radius 3 is 2.61 bits per heavy atom. The number of fused-ring (bicyclic) bond motifs is 1. The topological polar surface area (TPSA) is 105 Å². The van der Waals surface area contributed by atoms with Gasteiger partial charge in [-0.3, -0.25) is 14.4 Å². The largest absolute Gasteiger partial charge is 0.466 e. The van der Waals surface area contributed by atoms with Gasteiger partial charge in [-0.1, -0.05) is 33.6 Å². The number of nitrogens with one attached hydrogen (secondary N) is 1. The minimum absolute atomic E-state index is 0.00853. The number of aliphatic hydroxyl groups is 1. The lowest BCUT2D eigenvalue weighted by Gasteiger charge is -2.39. The van der Waals surface area contributed by atoms with Gasteiger partial charge in [0.25, 0.3) is 0 Å². The maximum Gasteiger partial charge on any atom is 0.312 e. The fourth-order valence-corrected chi connectivity index (χ4v) is 5.90. The second-order valence-electron chi connectivity index (χ2n) is 9.39. The second-order valence-corrected chi connectivity index (χ2v) is 9.39. The molecule has 0 aliphatic carbocycles. The molecule has 0 saturated carbocycles. The van der Waals surface area contributed by atoms with E-state index >= 15 is 0 Å². The zero-order valence-corrected chi connectivity index (χ0v) is 19.4. The summed E-state index contributed by atoms with van der Waals surface area (Å²) in [7, 11) is 0. The van der Waals surface area contributed by atoms with Gasteiger partial charge in [0.1, 0.15) is 11.6 Å². The molecule has 0 aromatic carbocycles. The predicted molar refractivity (Wildman–Crippen MR) is 114 cm³/mol. The smallest absolute Gasteiger partial charge is 0.312 e. The number of likely N-dealkylation sites (tertiary alicyclic amines) is 1. The van der Waals surface area contributed by atoms with Crippen molar-refractivity contribution in [3.63, 3.8) is 0 Å². The second kappa shape index (κ2) is 9.45. The standard InChI is InChI=1S/C23H38N2O6/c1-6-9-14(5)24-20(27)19-23-11-10-16(31-23)17(22(29)30-8-3)18(23)21(28)25(19)15(12-26)13(4)7-2/h13-19,26H,6-12H2,1-5H3,(H,24,27)/t13-,14?,15-,16+,17-,18-,19+,23-/m0/s1. The van der Waals surface area contributed by atoms with Crippen molar-refractivity contribution in [2.24, 2.45) is 17.8 Å². The lowest BCUT2D eigenvalue weighted by atomic mass is 9.70. The molecular formula is C23H38N2O6. The number of hydrogen-bond acceptors (Lipinski definition) is 6. The average molecular weight is 439 g/mol. The van der Waals surface area contributed by atoms with Gasteiger partial charge in [0, 0.05) is 6.04 Å². The summed E-state index contributed by atoms with van der Waals surface area (Å²) in [5, 5.41) is 13.3. The quantitative estimate of drug-likeness (QED) is 0.503. The van der Waals surface area contributed by atoms with Gasteiger partial charge in [-0.05, 0) is 39.0 Å². The highest BCUT2D eigenvalue weighted by molar-refractivity contribution is 5.98. The number of esters is 1. The number of nitrogens with zero attached hydrogens (tertiary/aromatic N) is 1. The van der Waals surface area contributed by atoms with Crippen molar-refractivity contribution in [3.05, 3.63) is 0 Å². The number of carbonyl (C=O) groups excluding carboxylic acids is 3.